The normalized spacial score (nSPS) is 25.8. The highest BCUT2D eigenvalue weighted by atomic mass is 35.5. The molecule has 0 aromatic heterocycles. The lowest BCUT2D eigenvalue weighted by Gasteiger charge is -2.44. The molecule has 0 radical (unpaired) electrons. The Morgan fingerprint density at radius 2 is 1.54 bits per heavy atom. The Bertz CT molecular complexity index is 690. The van der Waals surface area contributed by atoms with Crippen molar-refractivity contribution in [1.82, 2.24) is 4.90 Å². The van der Waals surface area contributed by atoms with Crippen molar-refractivity contribution >= 4 is 11.6 Å². The van der Waals surface area contributed by atoms with Crippen molar-refractivity contribution in [3.8, 4) is 0 Å². The van der Waals surface area contributed by atoms with Crippen molar-refractivity contribution in [1.29, 1.82) is 0 Å². The molecule has 1 saturated carbocycles. The SMILES string of the molecule is CC(c1ccccc1)C1(O)CCC(C(c2ccc(Cl)cc2)N(C)C)CC1. The summed E-state index contributed by atoms with van der Waals surface area (Å²) in [6.45, 7) is 2.16. The molecule has 3 rings (SSSR count). The number of hydrogen-bond acceptors (Lipinski definition) is 2. The molecular formula is C23H30ClNO. The molecule has 2 atom stereocenters. The lowest BCUT2D eigenvalue weighted by atomic mass is 9.68. The Labute approximate surface area is 162 Å². The van der Waals surface area contributed by atoms with Crippen LogP contribution < -0.4 is 0 Å². The molecule has 2 aromatic rings. The highest BCUT2D eigenvalue weighted by molar-refractivity contribution is 6.30. The molecule has 0 bridgehead atoms. The molecule has 140 valence electrons. The van der Waals surface area contributed by atoms with Gasteiger partial charge in [0, 0.05) is 17.0 Å². The smallest absolute Gasteiger partial charge is 0.0713 e. The first kappa shape index (κ1) is 19.4. The largest absolute Gasteiger partial charge is 0.389 e. The van der Waals surface area contributed by atoms with Gasteiger partial charge in [0.1, 0.15) is 0 Å². The lowest BCUT2D eigenvalue weighted by molar-refractivity contribution is -0.0383. The van der Waals surface area contributed by atoms with Crippen LogP contribution in [0, 0.1) is 5.92 Å². The summed E-state index contributed by atoms with van der Waals surface area (Å²) in [6.07, 6.45) is 3.79. The van der Waals surface area contributed by atoms with Gasteiger partial charge in [-0.1, -0.05) is 61.0 Å². The first-order valence-electron chi connectivity index (χ1n) is 9.60. The Morgan fingerprint density at radius 1 is 0.962 bits per heavy atom. The zero-order chi connectivity index (χ0) is 18.7. The minimum atomic E-state index is -0.602. The second-order valence-corrected chi connectivity index (χ2v) is 8.47. The van der Waals surface area contributed by atoms with Crippen LogP contribution in [0.5, 0.6) is 0 Å². The summed E-state index contributed by atoms with van der Waals surface area (Å²) in [6, 6.07) is 19.0. The van der Waals surface area contributed by atoms with Gasteiger partial charge in [0.15, 0.2) is 0 Å². The van der Waals surface area contributed by atoms with Crippen LogP contribution in [-0.2, 0) is 0 Å². The van der Waals surface area contributed by atoms with Gasteiger partial charge in [0.25, 0.3) is 0 Å². The van der Waals surface area contributed by atoms with Crippen LogP contribution in [0.2, 0.25) is 5.02 Å². The van der Waals surface area contributed by atoms with Gasteiger partial charge < -0.3 is 10.0 Å². The summed E-state index contributed by atoms with van der Waals surface area (Å²) in [4.78, 5) is 2.30. The van der Waals surface area contributed by atoms with Gasteiger partial charge >= 0.3 is 0 Å². The summed E-state index contributed by atoms with van der Waals surface area (Å²) in [5, 5.41) is 12.1. The number of benzene rings is 2. The number of halogens is 1. The van der Waals surface area contributed by atoms with Crippen molar-refractivity contribution in [3.63, 3.8) is 0 Å². The molecule has 0 aliphatic heterocycles. The Kier molecular flexibility index (Phi) is 6.06. The minimum Gasteiger partial charge on any atom is -0.389 e. The van der Waals surface area contributed by atoms with E-state index in [2.05, 4.69) is 62.3 Å². The van der Waals surface area contributed by atoms with E-state index in [-0.39, 0.29) is 5.92 Å². The monoisotopic (exact) mass is 371 g/mol. The van der Waals surface area contributed by atoms with E-state index in [1.54, 1.807) is 0 Å². The minimum absolute atomic E-state index is 0.165. The van der Waals surface area contributed by atoms with Gasteiger partial charge in [-0.2, -0.15) is 0 Å². The molecule has 1 N–H and O–H groups in total. The summed E-state index contributed by atoms with van der Waals surface area (Å²) in [7, 11) is 4.29. The first-order chi connectivity index (χ1) is 12.4. The van der Waals surface area contributed by atoms with Crippen LogP contribution >= 0.6 is 11.6 Å². The maximum atomic E-state index is 11.3. The molecule has 3 heteroatoms. The molecule has 2 aromatic carbocycles. The van der Waals surface area contributed by atoms with Gasteiger partial charge in [-0.3, -0.25) is 0 Å². The fourth-order valence-corrected chi connectivity index (χ4v) is 4.72. The first-order valence-corrected chi connectivity index (χ1v) is 9.98. The van der Waals surface area contributed by atoms with E-state index in [4.69, 9.17) is 11.6 Å². The van der Waals surface area contributed by atoms with Gasteiger partial charge in [0.05, 0.1) is 5.60 Å². The van der Waals surface area contributed by atoms with Crippen LogP contribution in [-0.4, -0.2) is 29.7 Å². The average molecular weight is 372 g/mol. The zero-order valence-electron chi connectivity index (χ0n) is 16.0. The molecule has 2 unspecified atom stereocenters. The third-order valence-electron chi connectivity index (χ3n) is 6.22. The standard InChI is InChI=1S/C23H30ClNO/c1-17(18-7-5-4-6-8-18)23(26)15-13-20(14-16-23)22(25(2)3)19-9-11-21(24)12-10-19/h4-12,17,20,22,26H,13-16H2,1-3H3. The van der Waals surface area contributed by atoms with Gasteiger partial charge in [-0.25, -0.2) is 0 Å². The predicted octanol–water partition coefficient (Wildman–Crippen LogP) is 5.67. The van der Waals surface area contributed by atoms with Crippen molar-refractivity contribution < 1.29 is 5.11 Å². The number of aliphatic hydroxyl groups is 1. The van der Waals surface area contributed by atoms with Crippen LogP contribution in [0.1, 0.15) is 55.7 Å². The van der Waals surface area contributed by atoms with E-state index in [1.807, 2.05) is 18.2 Å². The molecule has 0 saturated heterocycles. The highest BCUT2D eigenvalue weighted by Gasteiger charge is 2.41. The number of hydrogen-bond donors (Lipinski definition) is 1. The molecule has 0 heterocycles. The van der Waals surface area contributed by atoms with E-state index >= 15 is 0 Å². The summed E-state index contributed by atoms with van der Waals surface area (Å²) < 4.78 is 0. The fraction of sp³-hybridized carbons (Fsp3) is 0.478. The Morgan fingerprint density at radius 3 is 2.08 bits per heavy atom. The van der Waals surface area contributed by atoms with Crippen LogP contribution in [0.25, 0.3) is 0 Å². The van der Waals surface area contributed by atoms with Gasteiger partial charge in [-0.05, 0) is 69.0 Å². The Balaban J connectivity index is 1.72. The number of rotatable bonds is 5. The summed E-state index contributed by atoms with van der Waals surface area (Å²) >= 11 is 6.07. The van der Waals surface area contributed by atoms with E-state index in [0.29, 0.717) is 12.0 Å². The molecule has 2 nitrogen and oxygen atoms in total. The molecule has 0 amide bonds. The van der Waals surface area contributed by atoms with Crippen LogP contribution in [0.15, 0.2) is 54.6 Å². The molecule has 1 aliphatic carbocycles. The second kappa shape index (κ2) is 8.12. The van der Waals surface area contributed by atoms with E-state index < -0.39 is 5.60 Å². The van der Waals surface area contributed by atoms with E-state index in [9.17, 15) is 5.11 Å². The molecule has 0 spiro atoms. The summed E-state index contributed by atoms with van der Waals surface area (Å²) in [5.41, 5.74) is 1.94. The third-order valence-corrected chi connectivity index (χ3v) is 6.47. The zero-order valence-corrected chi connectivity index (χ0v) is 16.8. The Hall–Kier alpha value is -1.35. The maximum Gasteiger partial charge on any atom is 0.0713 e. The third kappa shape index (κ3) is 4.14. The predicted molar refractivity (Wildman–Crippen MR) is 110 cm³/mol. The van der Waals surface area contributed by atoms with Gasteiger partial charge in [-0.15, -0.1) is 0 Å². The molecule has 1 fully saturated rings. The van der Waals surface area contributed by atoms with Crippen molar-refractivity contribution in [3.05, 3.63) is 70.7 Å². The lowest BCUT2D eigenvalue weighted by Crippen LogP contribution is -2.41. The second-order valence-electron chi connectivity index (χ2n) is 8.03. The quantitative estimate of drug-likeness (QED) is 0.732. The van der Waals surface area contributed by atoms with E-state index in [1.165, 1.54) is 11.1 Å². The number of nitrogens with zero attached hydrogens (tertiary/aromatic N) is 1. The topological polar surface area (TPSA) is 23.5 Å². The molecular weight excluding hydrogens is 342 g/mol. The van der Waals surface area contributed by atoms with Crippen LogP contribution in [0.3, 0.4) is 0 Å². The fourth-order valence-electron chi connectivity index (χ4n) is 4.59. The molecule has 26 heavy (non-hydrogen) atoms. The van der Waals surface area contributed by atoms with Crippen molar-refractivity contribution in [2.75, 3.05) is 14.1 Å². The molecule has 1 aliphatic rings. The van der Waals surface area contributed by atoms with Gasteiger partial charge in [0.2, 0.25) is 0 Å². The summed E-state index contributed by atoms with van der Waals surface area (Å²) in [5.74, 6) is 0.715. The van der Waals surface area contributed by atoms with Crippen molar-refractivity contribution in [2.24, 2.45) is 5.92 Å². The average Bonchev–Trinajstić information content (AvgIpc) is 2.65. The highest BCUT2D eigenvalue weighted by Crippen LogP contribution is 2.46. The van der Waals surface area contributed by atoms with E-state index in [0.717, 1.165) is 30.7 Å². The van der Waals surface area contributed by atoms with Crippen molar-refractivity contribution in [2.45, 2.75) is 50.2 Å². The van der Waals surface area contributed by atoms with Crippen LogP contribution in [0.4, 0.5) is 0 Å². The maximum absolute atomic E-state index is 11.3.